The van der Waals surface area contributed by atoms with Crippen LogP contribution >= 0.6 is 0 Å². The number of halogens is 3. The number of sulfone groups is 1. The Balaban J connectivity index is 1.61. The van der Waals surface area contributed by atoms with Gasteiger partial charge in [0.1, 0.15) is 6.54 Å². The minimum Gasteiger partial charge on any atom is -0.310 e. The highest BCUT2D eigenvalue weighted by Gasteiger charge is 2.47. The maximum Gasteiger partial charge on any atom is 0.501 e. The molecule has 4 rings (SSSR count). The molecule has 2 heterocycles. The van der Waals surface area contributed by atoms with Crippen molar-refractivity contribution >= 4 is 38.4 Å². The van der Waals surface area contributed by atoms with E-state index in [1.165, 1.54) is 4.90 Å². The minimum absolute atomic E-state index is 0.0145. The quantitative estimate of drug-likeness (QED) is 0.549. The largest absolute Gasteiger partial charge is 0.501 e. The molecule has 0 atom stereocenters. The second-order valence-corrected chi connectivity index (χ2v) is 9.19. The van der Waals surface area contributed by atoms with Crippen molar-refractivity contribution in [2.75, 3.05) is 11.4 Å². The molecular formula is C21H16F3N3O4S. The van der Waals surface area contributed by atoms with Crippen LogP contribution < -0.4 is 4.90 Å². The smallest absolute Gasteiger partial charge is 0.310 e. The monoisotopic (exact) mass is 463 g/mol. The molecule has 0 spiro atoms. The summed E-state index contributed by atoms with van der Waals surface area (Å²) in [6.07, 6.45) is 1.61. The van der Waals surface area contributed by atoms with E-state index in [-0.39, 0.29) is 18.8 Å². The fourth-order valence-electron chi connectivity index (χ4n) is 3.64. The van der Waals surface area contributed by atoms with Crippen LogP contribution in [-0.2, 0) is 21.2 Å². The normalized spacial score (nSPS) is 15.1. The van der Waals surface area contributed by atoms with Crippen molar-refractivity contribution in [2.45, 2.75) is 23.9 Å². The molecule has 0 N–H and O–H groups in total. The zero-order valence-corrected chi connectivity index (χ0v) is 17.4. The Kier molecular flexibility index (Phi) is 5.16. The summed E-state index contributed by atoms with van der Waals surface area (Å²) in [5.74, 6) is -0.573. The second kappa shape index (κ2) is 7.59. The molecule has 0 unspecified atom stereocenters. The predicted molar refractivity (Wildman–Crippen MR) is 109 cm³/mol. The summed E-state index contributed by atoms with van der Waals surface area (Å²) < 4.78 is 61.2. The van der Waals surface area contributed by atoms with Crippen LogP contribution in [0, 0.1) is 6.92 Å². The molecule has 1 aromatic heterocycles. The second-order valence-electron chi connectivity index (χ2n) is 7.25. The van der Waals surface area contributed by atoms with Crippen LogP contribution in [0.4, 0.5) is 23.7 Å². The number of aromatic nitrogens is 1. The van der Waals surface area contributed by atoms with Crippen LogP contribution in [0.2, 0.25) is 0 Å². The standard InChI is InChI=1S/C21H16F3N3O4S/c1-13-3-2-4-17-19(13)14(9-10-25-17)11-26-12-18(28)27(20(26)29)15-5-7-16(8-6-15)32(30,31)21(22,23)24/h2-10H,11-12H2,1H3. The van der Waals surface area contributed by atoms with Crippen LogP contribution in [-0.4, -0.2) is 42.3 Å². The number of carbonyl (C=O) groups excluding carboxylic acids is 2. The predicted octanol–water partition coefficient (Wildman–Crippen LogP) is 3.81. The molecule has 11 heteroatoms. The van der Waals surface area contributed by atoms with Crippen LogP contribution in [0.1, 0.15) is 11.1 Å². The van der Waals surface area contributed by atoms with Crippen molar-refractivity contribution in [3.63, 3.8) is 0 Å². The van der Waals surface area contributed by atoms with Crippen LogP contribution in [0.25, 0.3) is 10.9 Å². The summed E-state index contributed by atoms with van der Waals surface area (Å²) >= 11 is 0. The molecule has 1 aliphatic rings. The highest BCUT2D eigenvalue weighted by Crippen LogP contribution is 2.32. The van der Waals surface area contributed by atoms with Crippen molar-refractivity contribution < 1.29 is 31.2 Å². The highest BCUT2D eigenvalue weighted by molar-refractivity contribution is 7.92. The number of fused-ring (bicyclic) bond motifs is 1. The zero-order chi connectivity index (χ0) is 23.3. The van der Waals surface area contributed by atoms with Gasteiger partial charge in [0.2, 0.25) is 0 Å². The Bertz CT molecular complexity index is 1330. The Morgan fingerprint density at radius 1 is 1.03 bits per heavy atom. The average molecular weight is 463 g/mol. The number of benzene rings is 2. The molecule has 32 heavy (non-hydrogen) atoms. The molecule has 0 saturated carbocycles. The summed E-state index contributed by atoms with van der Waals surface area (Å²) in [4.78, 5) is 30.9. The van der Waals surface area contributed by atoms with E-state index >= 15 is 0 Å². The minimum atomic E-state index is -5.52. The number of carbonyl (C=O) groups is 2. The summed E-state index contributed by atoms with van der Waals surface area (Å²) in [5.41, 5.74) is -2.96. The molecule has 3 amide bonds. The van der Waals surface area contributed by atoms with E-state index in [0.717, 1.165) is 51.2 Å². The first-order chi connectivity index (χ1) is 15.0. The fourth-order valence-corrected chi connectivity index (χ4v) is 4.40. The first-order valence-corrected chi connectivity index (χ1v) is 10.9. The SMILES string of the molecule is Cc1cccc2nccc(CN3CC(=O)N(c4ccc(S(=O)(=O)C(F)(F)F)cc4)C3=O)c12. The van der Waals surface area contributed by atoms with Gasteiger partial charge >= 0.3 is 11.5 Å². The van der Waals surface area contributed by atoms with Crippen molar-refractivity contribution in [3.8, 4) is 0 Å². The van der Waals surface area contributed by atoms with Crippen LogP contribution in [0.5, 0.6) is 0 Å². The van der Waals surface area contributed by atoms with Crippen LogP contribution in [0.15, 0.2) is 59.6 Å². The molecular weight excluding hydrogens is 447 g/mol. The number of nitrogens with zero attached hydrogens (tertiary/aromatic N) is 3. The third-order valence-corrected chi connectivity index (χ3v) is 6.67. The molecule has 1 aliphatic heterocycles. The zero-order valence-electron chi connectivity index (χ0n) is 16.6. The first-order valence-electron chi connectivity index (χ1n) is 9.37. The van der Waals surface area contributed by atoms with Gasteiger partial charge in [-0.05, 0) is 54.4 Å². The molecule has 1 saturated heterocycles. The number of urea groups is 1. The molecule has 0 radical (unpaired) electrons. The van der Waals surface area contributed by atoms with Gasteiger partial charge < -0.3 is 4.90 Å². The van der Waals surface area contributed by atoms with E-state index in [4.69, 9.17) is 0 Å². The van der Waals surface area contributed by atoms with Crippen molar-refractivity contribution in [1.82, 2.24) is 9.88 Å². The molecule has 7 nitrogen and oxygen atoms in total. The number of alkyl halides is 3. The summed E-state index contributed by atoms with van der Waals surface area (Å²) in [6, 6.07) is 10.2. The summed E-state index contributed by atoms with van der Waals surface area (Å²) in [7, 11) is -5.52. The van der Waals surface area contributed by atoms with Crippen molar-refractivity contribution in [3.05, 3.63) is 65.9 Å². The molecule has 0 aliphatic carbocycles. The van der Waals surface area contributed by atoms with Crippen LogP contribution in [0.3, 0.4) is 0 Å². The van der Waals surface area contributed by atoms with Crippen molar-refractivity contribution in [1.29, 1.82) is 0 Å². The van der Waals surface area contributed by atoms with Gasteiger partial charge in [0.05, 0.1) is 16.1 Å². The highest BCUT2D eigenvalue weighted by atomic mass is 32.2. The lowest BCUT2D eigenvalue weighted by Crippen LogP contribution is -2.33. The maximum absolute atomic E-state index is 12.9. The lowest BCUT2D eigenvalue weighted by molar-refractivity contribution is -0.116. The number of rotatable bonds is 4. The number of pyridine rings is 1. The Morgan fingerprint density at radius 3 is 2.38 bits per heavy atom. The summed E-state index contributed by atoms with van der Waals surface area (Å²) in [5, 5.41) is 0.871. The number of anilines is 1. The van der Waals surface area contributed by atoms with Gasteiger partial charge in [0.25, 0.3) is 15.7 Å². The first kappa shape index (κ1) is 21.8. The van der Waals surface area contributed by atoms with Gasteiger partial charge in [0, 0.05) is 18.1 Å². The number of aryl methyl sites for hydroxylation is 1. The number of hydrogen-bond acceptors (Lipinski definition) is 5. The summed E-state index contributed by atoms with van der Waals surface area (Å²) in [6.45, 7) is 1.82. The van der Waals surface area contributed by atoms with E-state index in [1.54, 1.807) is 12.3 Å². The molecule has 1 fully saturated rings. The van der Waals surface area contributed by atoms with E-state index in [0.29, 0.717) is 0 Å². The Hall–Kier alpha value is -3.47. The third-order valence-electron chi connectivity index (χ3n) is 5.17. The third kappa shape index (κ3) is 3.58. The number of amides is 3. The van der Waals surface area contributed by atoms with Gasteiger partial charge in [-0.25, -0.2) is 18.1 Å². The number of hydrogen-bond donors (Lipinski definition) is 0. The van der Waals surface area contributed by atoms with E-state index in [9.17, 15) is 31.2 Å². The van der Waals surface area contributed by atoms with Gasteiger partial charge in [-0.15, -0.1) is 0 Å². The van der Waals surface area contributed by atoms with Gasteiger partial charge in [-0.1, -0.05) is 12.1 Å². The lowest BCUT2D eigenvalue weighted by atomic mass is 10.0. The fraction of sp³-hybridized carbons (Fsp3) is 0.190. The number of imide groups is 1. The average Bonchev–Trinajstić information content (AvgIpc) is 3.00. The van der Waals surface area contributed by atoms with E-state index < -0.39 is 32.2 Å². The molecule has 166 valence electrons. The Labute approximate surface area is 181 Å². The molecule has 3 aromatic rings. The van der Waals surface area contributed by atoms with Gasteiger partial charge in [-0.2, -0.15) is 13.2 Å². The molecule has 2 aromatic carbocycles. The van der Waals surface area contributed by atoms with E-state index in [1.807, 2.05) is 25.1 Å². The Morgan fingerprint density at radius 2 is 1.72 bits per heavy atom. The lowest BCUT2D eigenvalue weighted by Gasteiger charge is -2.19. The van der Waals surface area contributed by atoms with Crippen molar-refractivity contribution in [2.24, 2.45) is 0 Å². The maximum atomic E-state index is 12.9. The van der Waals surface area contributed by atoms with Gasteiger partial charge in [0.15, 0.2) is 0 Å². The van der Waals surface area contributed by atoms with Gasteiger partial charge in [-0.3, -0.25) is 9.78 Å². The van der Waals surface area contributed by atoms with E-state index in [2.05, 4.69) is 4.98 Å². The molecule has 0 bridgehead atoms. The topological polar surface area (TPSA) is 87.7 Å².